The molecular weight excluding hydrogens is 194 g/mol. The van der Waals surface area contributed by atoms with E-state index in [4.69, 9.17) is 0 Å². The predicted octanol–water partition coefficient (Wildman–Crippen LogP) is 2.21. The van der Waals surface area contributed by atoms with Crippen LogP contribution >= 0.6 is 15.9 Å². The molecule has 0 fully saturated rings. The number of hydrogen-bond acceptors (Lipinski definition) is 1. The molecule has 1 rings (SSSR count). The monoisotopic (exact) mass is 201 g/mol. The molecule has 0 aliphatic carbocycles. The maximum absolute atomic E-state index is 10.4. The molecule has 10 heavy (non-hydrogen) atoms. The number of aromatic nitrogens is 1. The average molecular weight is 202 g/mol. The summed E-state index contributed by atoms with van der Waals surface area (Å²) in [5.74, 6) is 0. The minimum Gasteiger partial charge on any atom is -0.361 e. The van der Waals surface area contributed by atoms with Crippen LogP contribution in [0.4, 0.5) is 0 Å². The second-order valence-corrected chi connectivity index (χ2v) is 3.01. The number of aldehydes is 1. The Morgan fingerprint density at radius 3 is 2.20 bits per heavy atom. The summed E-state index contributed by atoms with van der Waals surface area (Å²) in [5.41, 5.74) is 2.64. The molecule has 0 radical (unpaired) electrons. The summed E-state index contributed by atoms with van der Waals surface area (Å²) in [6.07, 6.45) is 0.850. The van der Waals surface area contributed by atoms with Crippen LogP contribution in [0.3, 0.4) is 0 Å². The van der Waals surface area contributed by atoms with Gasteiger partial charge in [-0.2, -0.15) is 0 Å². The van der Waals surface area contributed by atoms with Crippen LogP contribution in [0.5, 0.6) is 0 Å². The molecule has 54 valence electrons. The molecule has 0 aliphatic heterocycles. The van der Waals surface area contributed by atoms with Gasteiger partial charge in [-0.1, -0.05) is 0 Å². The molecule has 0 saturated carbocycles. The van der Waals surface area contributed by atoms with Crippen molar-refractivity contribution in [1.29, 1.82) is 0 Å². The minimum atomic E-state index is 0.720. The van der Waals surface area contributed by atoms with Crippen LogP contribution in [0, 0.1) is 13.8 Å². The molecule has 1 aromatic heterocycles. The average Bonchev–Trinajstić information content (AvgIpc) is 2.09. The van der Waals surface area contributed by atoms with E-state index in [1.807, 2.05) is 13.8 Å². The molecule has 0 spiro atoms. The highest BCUT2D eigenvalue weighted by atomic mass is 79.9. The van der Waals surface area contributed by atoms with E-state index in [0.29, 0.717) is 0 Å². The van der Waals surface area contributed by atoms with E-state index in [0.717, 1.165) is 27.7 Å². The van der Waals surface area contributed by atoms with Crippen LogP contribution in [0.15, 0.2) is 4.47 Å². The number of hydrogen-bond donors (Lipinski definition) is 1. The number of aryl methyl sites for hydroxylation is 2. The maximum Gasteiger partial charge on any atom is 0.152 e. The van der Waals surface area contributed by atoms with E-state index in [-0.39, 0.29) is 0 Å². The van der Waals surface area contributed by atoms with Crippen molar-refractivity contribution in [3.8, 4) is 0 Å². The normalized spacial score (nSPS) is 9.90. The summed E-state index contributed by atoms with van der Waals surface area (Å²) in [6, 6.07) is 0. The zero-order valence-corrected chi connectivity index (χ0v) is 7.45. The van der Waals surface area contributed by atoms with Crippen molar-refractivity contribution >= 4 is 22.2 Å². The first-order chi connectivity index (χ1) is 4.66. The zero-order valence-electron chi connectivity index (χ0n) is 5.86. The van der Waals surface area contributed by atoms with Gasteiger partial charge in [0.15, 0.2) is 6.29 Å². The van der Waals surface area contributed by atoms with Gasteiger partial charge in [0.05, 0.1) is 0 Å². The number of aromatic amines is 1. The Kier molecular flexibility index (Phi) is 1.94. The second-order valence-electron chi connectivity index (χ2n) is 2.22. The van der Waals surface area contributed by atoms with Gasteiger partial charge in [-0.25, -0.2) is 0 Å². The van der Waals surface area contributed by atoms with Gasteiger partial charge in [-0.05, 0) is 29.8 Å². The maximum atomic E-state index is 10.4. The summed E-state index contributed by atoms with van der Waals surface area (Å²) < 4.78 is 0.875. The summed E-state index contributed by atoms with van der Waals surface area (Å²) in [5, 5.41) is 0. The minimum absolute atomic E-state index is 0.720. The van der Waals surface area contributed by atoms with Crippen LogP contribution in [0.1, 0.15) is 21.7 Å². The molecule has 0 aliphatic rings. The fraction of sp³-hybridized carbons (Fsp3) is 0.286. The van der Waals surface area contributed by atoms with Crippen molar-refractivity contribution in [2.24, 2.45) is 0 Å². The van der Waals surface area contributed by atoms with E-state index in [1.54, 1.807) is 0 Å². The standard InChI is InChI=1S/C7H8BrNO/c1-4-6(3-10)7(8)5(2)9-4/h3,9H,1-2H3. The molecule has 0 unspecified atom stereocenters. The van der Waals surface area contributed by atoms with Crippen LogP contribution in [-0.2, 0) is 0 Å². The molecule has 3 heteroatoms. The fourth-order valence-corrected chi connectivity index (χ4v) is 1.40. The number of carbonyl (C=O) groups is 1. The van der Waals surface area contributed by atoms with Gasteiger partial charge >= 0.3 is 0 Å². The third-order valence-electron chi connectivity index (χ3n) is 1.46. The third kappa shape index (κ3) is 1.01. The smallest absolute Gasteiger partial charge is 0.152 e. The number of nitrogens with one attached hydrogen (secondary N) is 1. The Bertz CT molecular complexity index is 265. The lowest BCUT2D eigenvalue weighted by molar-refractivity contribution is 0.112. The van der Waals surface area contributed by atoms with Gasteiger partial charge in [0.1, 0.15) is 0 Å². The van der Waals surface area contributed by atoms with Crippen molar-refractivity contribution in [3.63, 3.8) is 0 Å². The van der Waals surface area contributed by atoms with Crippen molar-refractivity contribution in [2.45, 2.75) is 13.8 Å². The number of rotatable bonds is 1. The molecule has 1 N–H and O–H groups in total. The Labute approximate surface area is 67.8 Å². The van der Waals surface area contributed by atoms with E-state index in [9.17, 15) is 4.79 Å². The van der Waals surface area contributed by atoms with E-state index >= 15 is 0 Å². The molecule has 0 atom stereocenters. The molecule has 1 aromatic rings. The van der Waals surface area contributed by atoms with Gasteiger partial charge in [-0.3, -0.25) is 4.79 Å². The molecule has 0 aromatic carbocycles. The number of carbonyl (C=O) groups excluding carboxylic acids is 1. The highest BCUT2D eigenvalue weighted by Crippen LogP contribution is 2.21. The molecule has 0 bridgehead atoms. The Morgan fingerprint density at radius 1 is 1.40 bits per heavy atom. The van der Waals surface area contributed by atoms with E-state index in [2.05, 4.69) is 20.9 Å². The van der Waals surface area contributed by atoms with Crippen molar-refractivity contribution in [3.05, 3.63) is 21.4 Å². The molecule has 1 heterocycles. The summed E-state index contributed by atoms with van der Waals surface area (Å²) in [7, 11) is 0. The van der Waals surface area contributed by atoms with Crippen molar-refractivity contribution in [2.75, 3.05) is 0 Å². The van der Waals surface area contributed by atoms with Crippen LogP contribution in [0.25, 0.3) is 0 Å². The van der Waals surface area contributed by atoms with Gasteiger partial charge in [-0.15, -0.1) is 0 Å². The first-order valence-electron chi connectivity index (χ1n) is 2.96. The van der Waals surface area contributed by atoms with Crippen molar-refractivity contribution < 1.29 is 4.79 Å². The summed E-state index contributed by atoms with van der Waals surface area (Å²) >= 11 is 3.30. The highest BCUT2D eigenvalue weighted by molar-refractivity contribution is 9.10. The topological polar surface area (TPSA) is 32.9 Å². The molecule has 0 saturated heterocycles. The van der Waals surface area contributed by atoms with Gasteiger partial charge in [0, 0.05) is 21.4 Å². The van der Waals surface area contributed by atoms with Gasteiger partial charge < -0.3 is 4.98 Å². The fourth-order valence-electron chi connectivity index (χ4n) is 0.910. The number of H-pyrrole nitrogens is 1. The van der Waals surface area contributed by atoms with E-state index < -0.39 is 0 Å². The van der Waals surface area contributed by atoms with Crippen LogP contribution in [0.2, 0.25) is 0 Å². The van der Waals surface area contributed by atoms with Crippen LogP contribution in [-0.4, -0.2) is 11.3 Å². The SMILES string of the molecule is Cc1[nH]c(C)c(C=O)c1Br. The quantitative estimate of drug-likeness (QED) is 0.695. The predicted molar refractivity (Wildman–Crippen MR) is 43.4 cm³/mol. The first kappa shape index (κ1) is 7.54. The second kappa shape index (κ2) is 2.58. The zero-order chi connectivity index (χ0) is 7.72. The van der Waals surface area contributed by atoms with Crippen molar-refractivity contribution in [1.82, 2.24) is 4.98 Å². The largest absolute Gasteiger partial charge is 0.361 e. The van der Waals surface area contributed by atoms with Crippen LogP contribution < -0.4 is 0 Å². The number of halogens is 1. The molecule has 0 amide bonds. The Hall–Kier alpha value is -0.570. The summed E-state index contributed by atoms with van der Waals surface area (Å²) in [4.78, 5) is 13.5. The third-order valence-corrected chi connectivity index (χ3v) is 2.48. The lowest BCUT2D eigenvalue weighted by atomic mass is 10.3. The highest BCUT2D eigenvalue weighted by Gasteiger charge is 2.07. The Balaban J connectivity index is 3.33. The van der Waals surface area contributed by atoms with E-state index in [1.165, 1.54) is 0 Å². The van der Waals surface area contributed by atoms with Gasteiger partial charge in [0.2, 0.25) is 0 Å². The lowest BCUT2D eigenvalue weighted by Crippen LogP contribution is -1.79. The summed E-state index contributed by atoms with van der Waals surface area (Å²) in [6.45, 7) is 3.80. The Morgan fingerprint density at radius 2 is 2.00 bits per heavy atom. The first-order valence-corrected chi connectivity index (χ1v) is 3.76. The van der Waals surface area contributed by atoms with Gasteiger partial charge in [0.25, 0.3) is 0 Å². The lowest BCUT2D eigenvalue weighted by Gasteiger charge is -1.85. The molecule has 2 nitrogen and oxygen atoms in total. The molecular formula is C7H8BrNO.